The Labute approximate surface area is 193 Å². The van der Waals surface area contributed by atoms with Crippen LogP contribution >= 0.6 is 0 Å². The zero-order valence-electron chi connectivity index (χ0n) is 19.4. The summed E-state index contributed by atoms with van der Waals surface area (Å²) in [5.41, 5.74) is -0.0217. The van der Waals surface area contributed by atoms with Crippen molar-refractivity contribution in [3.05, 3.63) is 40.8 Å². The van der Waals surface area contributed by atoms with Crippen molar-refractivity contribution in [1.29, 1.82) is 0 Å². The Morgan fingerprint density at radius 2 is 1.91 bits per heavy atom. The molecule has 1 unspecified atom stereocenters. The molecule has 1 N–H and O–H groups in total. The van der Waals surface area contributed by atoms with E-state index in [1.807, 2.05) is 13.1 Å². The van der Waals surface area contributed by atoms with E-state index in [0.717, 1.165) is 12.1 Å². The predicted octanol–water partition coefficient (Wildman–Crippen LogP) is 3.72. The minimum Gasteiger partial charge on any atom is -0.479 e. The van der Waals surface area contributed by atoms with Crippen molar-refractivity contribution in [2.75, 3.05) is 0 Å². The van der Waals surface area contributed by atoms with Gasteiger partial charge in [0.05, 0.1) is 18.1 Å². The SMILES string of the molecule is C[C@@H](O[Si](C)(C)C(C)(C)C)[C@@H]1C(=O)N2C(C(=O)O)C(=CS(=O)(=O)c3ccc(F)cc3F)C[C@H]12. The van der Waals surface area contributed by atoms with E-state index in [-0.39, 0.29) is 17.0 Å². The van der Waals surface area contributed by atoms with Gasteiger partial charge in [0.1, 0.15) is 16.5 Å². The van der Waals surface area contributed by atoms with Gasteiger partial charge in [-0.15, -0.1) is 0 Å². The average Bonchev–Trinajstić information content (AvgIpc) is 2.93. The molecule has 0 bridgehead atoms. The van der Waals surface area contributed by atoms with E-state index in [1.165, 1.54) is 4.90 Å². The zero-order valence-corrected chi connectivity index (χ0v) is 21.2. The fourth-order valence-corrected chi connectivity index (χ4v) is 7.02. The van der Waals surface area contributed by atoms with E-state index >= 15 is 0 Å². The first-order valence-electron chi connectivity index (χ1n) is 10.6. The Morgan fingerprint density at radius 3 is 2.42 bits per heavy atom. The maximum absolute atomic E-state index is 14.1. The minimum absolute atomic E-state index is 0.0145. The molecule has 0 aromatic heterocycles. The lowest BCUT2D eigenvalue weighted by molar-refractivity contribution is -0.168. The molecule has 2 aliphatic rings. The molecule has 0 aliphatic carbocycles. The van der Waals surface area contributed by atoms with E-state index in [2.05, 4.69) is 20.8 Å². The molecule has 7 nitrogen and oxygen atoms in total. The molecule has 3 rings (SSSR count). The number of nitrogens with zero attached hydrogens (tertiary/aromatic N) is 1. The van der Waals surface area contributed by atoms with Gasteiger partial charge in [-0.1, -0.05) is 20.8 Å². The topological polar surface area (TPSA) is 101 Å². The molecule has 0 radical (unpaired) electrons. The lowest BCUT2D eigenvalue weighted by atomic mass is 9.84. The van der Waals surface area contributed by atoms with Gasteiger partial charge >= 0.3 is 5.97 Å². The van der Waals surface area contributed by atoms with Gasteiger partial charge in [-0.3, -0.25) is 4.79 Å². The van der Waals surface area contributed by atoms with Crippen molar-refractivity contribution < 1.29 is 36.3 Å². The van der Waals surface area contributed by atoms with Crippen LogP contribution in [0, 0.1) is 17.6 Å². The lowest BCUT2D eigenvalue weighted by Crippen LogP contribution is -2.65. The standard InChI is InChI=1S/C22H29F2NO6SSi/c1-12(31-33(5,6)22(2,3)4)18-16-9-13(19(21(27)28)25(16)20(18)26)11-32(29,30)17-8-7-14(23)10-15(17)24/h7-8,10-12,16,18-19H,9H2,1-6H3,(H,27,28)/t12-,16-,18+,19?/m1/s1. The quantitative estimate of drug-likeness (QED) is 0.362. The number of sulfone groups is 1. The first-order valence-corrected chi connectivity index (χ1v) is 15.1. The Hall–Kier alpha value is -2.11. The number of benzene rings is 1. The molecular formula is C22H29F2NO6SSi. The normalized spacial score (nSPS) is 25.7. The average molecular weight is 502 g/mol. The second-order valence-corrected chi connectivity index (χ2v) is 16.7. The number of carboxylic acid groups (broad SMARTS) is 1. The Morgan fingerprint density at radius 1 is 1.30 bits per heavy atom. The zero-order chi connectivity index (χ0) is 25.1. The molecule has 2 fully saturated rings. The first-order chi connectivity index (χ1) is 15.0. The fraction of sp³-hybridized carbons (Fsp3) is 0.545. The third-order valence-electron chi connectivity index (χ3n) is 6.92. The smallest absolute Gasteiger partial charge is 0.330 e. The van der Waals surface area contributed by atoms with Crippen LogP contribution in [0.1, 0.15) is 34.1 Å². The van der Waals surface area contributed by atoms with E-state index in [4.69, 9.17) is 4.43 Å². The van der Waals surface area contributed by atoms with Gasteiger partial charge in [-0.2, -0.15) is 0 Å². The van der Waals surface area contributed by atoms with E-state index < -0.39 is 70.7 Å². The molecule has 0 saturated carbocycles. The van der Waals surface area contributed by atoms with Crippen molar-refractivity contribution >= 4 is 30.0 Å². The van der Waals surface area contributed by atoms with Crippen LogP contribution in [0.2, 0.25) is 18.1 Å². The van der Waals surface area contributed by atoms with Crippen molar-refractivity contribution in [3.63, 3.8) is 0 Å². The molecular weight excluding hydrogens is 472 g/mol. The molecule has 33 heavy (non-hydrogen) atoms. The summed E-state index contributed by atoms with van der Waals surface area (Å²) in [7, 11) is -6.62. The molecule has 11 heteroatoms. The third-order valence-corrected chi connectivity index (χ3v) is 13.0. The molecule has 2 aliphatic heterocycles. The third kappa shape index (κ3) is 4.50. The van der Waals surface area contributed by atoms with Gasteiger partial charge < -0.3 is 14.4 Å². The molecule has 182 valence electrons. The monoisotopic (exact) mass is 501 g/mol. The van der Waals surface area contributed by atoms with E-state index in [9.17, 15) is 31.9 Å². The van der Waals surface area contributed by atoms with E-state index in [1.54, 1.807) is 6.92 Å². The summed E-state index contributed by atoms with van der Waals surface area (Å²) >= 11 is 0. The second-order valence-electron chi connectivity index (χ2n) is 10.2. The second kappa shape index (κ2) is 8.28. The predicted molar refractivity (Wildman–Crippen MR) is 120 cm³/mol. The summed E-state index contributed by atoms with van der Waals surface area (Å²) in [6.07, 6.45) is -0.458. The Balaban J connectivity index is 1.92. The Bertz CT molecular complexity index is 1130. The van der Waals surface area contributed by atoms with Crippen LogP contribution in [0.3, 0.4) is 0 Å². The molecule has 1 aromatic rings. The van der Waals surface area contributed by atoms with Crippen LogP contribution in [0.25, 0.3) is 0 Å². The summed E-state index contributed by atoms with van der Waals surface area (Å²) in [5, 5.41) is 10.3. The van der Waals surface area contributed by atoms with Gasteiger partial charge in [0.25, 0.3) is 0 Å². The highest BCUT2D eigenvalue weighted by Gasteiger charge is 2.60. The summed E-state index contributed by atoms with van der Waals surface area (Å²) < 4.78 is 59.1. The molecule has 2 saturated heterocycles. The maximum atomic E-state index is 14.1. The van der Waals surface area contributed by atoms with Crippen molar-refractivity contribution in [3.8, 4) is 0 Å². The van der Waals surface area contributed by atoms with Crippen LogP contribution in [0.4, 0.5) is 8.78 Å². The Kier molecular flexibility index (Phi) is 6.40. The molecule has 0 spiro atoms. The van der Waals surface area contributed by atoms with Crippen LogP contribution in [0.15, 0.2) is 34.1 Å². The number of amides is 1. The van der Waals surface area contributed by atoms with Gasteiger partial charge in [0.2, 0.25) is 15.7 Å². The summed E-state index contributed by atoms with van der Waals surface area (Å²) in [6, 6.07) is 0.0564. The van der Waals surface area contributed by atoms with Gasteiger partial charge in [0.15, 0.2) is 14.4 Å². The van der Waals surface area contributed by atoms with Crippen molar-refractivity contribution in [2.45, 2.75) is 75.3 Å². The molecule has 4 atom stereocenters. The highest BCUT2D eigenvalue weighted by atomic mass is 32.2. The van der Waals surface area contributed by atoms with Crippen LogP contribution in [-0.4, -0.2) is 56.8 Å². The number of carboxylic acids is 1. The van der Waals surface area contributed by atoms with Crippen LogP contribution < -0.4 is 0 Å². The molecule has 1 amide bonds. The van der Waals surface area contributed by atoms with E-state index in [0.29, 0.717) is 11.5 Å². The highest BCUT2D eigenvalue weighted by Crippen LogP contribution is 2.47. The van der Waals surface area contributed by atoms with Gasteiger partial charge in [-0.05, 0) is 49.2 Å². The number of carbonyl (C=O) groups is 2. The number of hydrogen-bond donors (Lipinski definition) is 1. The fourth-order valence-electron chi connectivity index (χ4n) is 4.25. The number of aliphatic carboxylic acids is 1. The summed E-state index contributed by atoms with van der Waals surface area (Å²) in [4.78, 5) is 25.3. The minimum atomic E-state index is -4.41. The number of fused-ring (bicyclic) bond motifs is 1. The summed E-state index contributed by atoms with van der Waals surface area (Å²) in [5.74, 6) is -4.59. The summed E-state index contributed by atoms with van der Waals surface area (Å²) in [6.45, 7) is 12.1. The lowest BCUT2D eigenvalue weighted by Gasteiger charge is -2.49. The first kappa shape index (κ1) is 25.5. The largest absolute Gasteiger partial charge is 0.479 e. The number of carbonyl (C=O) groups excluding carboxylic acids is 1. The van der Waals surface area contributed by atoms with Crippen molar-refractivity contribution in [1.82, 2.24) is 4.90 Å². The number of halogens is 2. The molecule has 1 aromatic carbocycles. The molecule has 2 heterocycles. The van der Waals surface area contributed by atoms with Crippen LogP contribution in [0.5, 0.6) is 0 Å². The maximum Gasteiger partial charge on any atom is 0.330 e. The number of rotatable bonds is 6. The van der Waals surface area contributed by atoms with Gasteiger partial charge in [-0.25, -0.2) is 22.0 Å². The van der Waals surface area contributed by atoms with Crippen molar-refractivity contribution in [2.24, 2.45) is 5.92 Å². The number of β-lactam (4-membered cyclic amide) rings is 1. The number of hydrogen-bond acceptors (Lipinski definition) is 5. The van der Waals surface area contributed by atoms with Gasteiger partial charge in [0, 0.05) is 11.5 Å². The van der Waals surface area contributed by atoms with Crippen LogP contribution in [-0.2, 0) is 23.9 Å². The highest BCUT2D eigenvalue weighted by molar-refractivity contribution is 7.94.